The van der Waals surface area contributed by atoms with Crippen molar-refractivity contribution in [1.82, 2.24) is 4.90 Å². The van der Waals surface area contributed by atoms with Gasteiger partial charge in [0.1, 0.15) is 0 Å². The lowest BCUT2D eigenvalue weighted by Gasteiger charge is -2.35. The number of piperidine rings is 1. The second-order valence-electron chi connectivity index (χ2n) is 9.14. The summed E-state index contributed by atoms with van der Waals surface area (Å²) in [6.07, 6.45) is 1.37. The van der Waals surface area contributed by atoms with Crippen LogP contribution in [0.25, 0.3) is 0 Å². The lowest BCUT2D eigenvalue weighted by atomic mass is 9.91. The number of nitrogens with one attached hydrogen (secondary N) is 1. The lowest BCUT2D eigenvalue weighted by molar-refractivity contribution is -0.155. The molecule has 0 radical (unpaired) electrons. The number of anilines is 1. The van der Waals surface area contributed by atoms with Gasteiger partial charge < -0.3 is 15.0 Å². The van der Waals surface area contributed by atoms with Crippen molar-refractivity contribution in [1.29, 1.82) is 0 Å². The van der Waals surface area contributed by atoms with Gasteiger partial charge in [0.2, 0.25) is 17.6 Å². The van der Waals surface area contributed by atoms with Gasteiger partial charge in [-0.3, -0.25) is 19.2 Å². The van der Waals surface area contributed by atoms with Crippen molar-refractivity contribution in [3.63, 3.8) is 0 Å². The van der Waals surface area contributed by atoms with Crippen LogP contribution in [0.1, 0.15) is 70.7 Å². The predicted molar refractivity (Wildman–Crippen MR) is 119 cm³/mol. The average Bonchev–Trinajstić information content (AvgIpc) is 2.72. The Morgan fingerprint density at radius 1 is 1.10 bits per heavy atom. The van der Waals surface area contributed by atoms with Gasteiger partial charge in [0.05, 0.1) is 5.92 Å². The van der Waals surface area contributed by atoms with Crippen LogP contribution in [0.2, 0.25) is 0 Å². The van der Waals surface area contributed by atoms with Crippen LogP contribution < -0.4 is 5.32 Å². The third-order valence-corrected chi connectivity index (χ3v) is 5.35. The average molecular weight is 431 g/mol. The molecule has 170 valence electrons. The molecule has 0 unspecified atom stereocenters. The summed E-state index contributed by atoms with van der Waals surface area (Å²) in [5.41, 5.74) is 0.596. The molecule has 1 aromatic rings. The van der Waals surface area contributed by atoms with Crippen molar-refractivity contribution in [2.45, 2.75) is 66.4 Å². The van der Waals surface area contributed by atoms with Gasteiger partial charge in [-0.25, -0.2) is 0 Å². The maximum Gasteiger partial charge on any atom is 0.309 e. The molecule has 1 atom stereocenters. The number of carbonyl (C=O) groups is 4. The number of ketones is 1. The largest absolute Gasteiger partial charge is 0.454 e. The molecule has 1 aliphatic heterocycles. The van der Waals surface area contributed by atoms with Crippen LogP contribution >= 0.6 is 0 Å². The quantitative estimate of drug-likeness (QED) is 0.524. The SMILES string of the molecule is CCCC(=O)Nc1ccc(C(=O)[C@H](C)OC(=O)C2CCN(C(=O)C(C)(C)C)CC2)cc1. The van der Waals surface area contributed by atoms with E-state index in [2.05, 4.69) is 5.32 Å². The Morgan fingerprint density at radius 3 is 2.19 bits per heavy atom. The molecular formula is C24H34N2O5. The second-order valence-corrected chi connectivity index (χ2v) is 9.14. The first-order chi connectivity index (χ1) is 14.5. The molecule has 0 aliphatic carbocycles. The van der Waals surface area contributed by atoms with Crippen LogP contribution in [0, 0.1) is 11.3 Å². The molecule has 31 heavy (non-hydrogen) atoms. The molecule has 7 heteroatoms. The number of esters is 1. The zero-order valence-corrected chi connectivity index (χ0v) is 19.2. The molecule has 0 bridgehead atoms. The maximum absolute atomic E-state index is 12.6. The second kappa shape index (κ2) is 10.6. The molecule has 1 aliphatic rings. The Labute approximate surface area is 184 Å². The minimum Gasteiger partial charge on any atom is -0.454 e. The van der Waals surface area contributed by atoms with Crippen molar-refractivity contribution in [2.24, 2.45) is 11.3 Å². The topological polar surface area (TPSA) is 92.8 Å². The smallest absolute Gasteiger partial charge is 0.309 e. The number of nitrogens with zero attached hydrogens (tertiary/aromatic N) is 1. The van der Waals surface area contributed by atoms with Gasteiger partial charge in [0.15, 0.2) is 6.10 Å². The summed E-state index contributed by atoms with van der Waals surface area (Å²) in [5, 5.41) is 2.77. The number of benzene rings is 1. The first kappa shape index (κ1) is 24.6. The van der Waals surface area contributed by atoms with Crippen molar-refractivity contribution >= 4 is 29.3 Å². The Morgan fingerprint density at radius 2 is 1.68 bits per heavy atom. The van der Waals surface area contributed by atoms with Gasteiger partial charge in [-0.2, -0.15) is 0 Å². The van der Waals surface area contributed by atoms with Crippen LogP contribution in [-0.2, 0) is 19.1 Å². The maximum atomic E-state index is 12.6. The fourth-order valence-electron chi connectivity index (χ4n) is 3.52. The molecule has 1 heterocycles. The third-order valence-electron chi connectivity index (χ3n) is 5.35. The van der Waals surface area contributed by atoms with Crippen LogP contribution in [0.3, 0.4) is 0 Å². The normalized spacial score (nSPS) is 15.8. The van der Waals surface area contributed by atoms with Crippen LogP contribution in [-0.4, -0.2) is 47.7 Å². The van der Waals surface area contributed by atoms with E-state index >= 15 is 0 Å². The summed E-state index contributed by atoms with van der Waals surface area (Å²) < 4.78 is 5.43. The van der Waals surface area contributed by atoms with E-state index in [4.69, 9.17) is 4.74 Å². The molecule has 7 nitrogen and oxygen atoms in total. The van der Waals surface area contributed by atoms with E-state index in [-0.39, 0.29) is 23.5 Å². The number of rotatable bonds is 7. The summed E-state index contributed by atoms with van der Waals surface area (Å²) in [4.78, 5) is 51.0. The molecule has 1 aromatic carbocycles. The highest BCUT2D eigenvalue weighted by atomic mass is 16.5. The van der Waals surface area contributed by atoms with Crippen LogP contribution in [0.15, 0.2) is 24.3 Å². The zero-order chi connectivity index (χ0) is 23.2. The van der Waals surface area contributed by atoms with Gasteiger partial charge >= 0.3 is 5.97 Å². The van der Waals surface area contributed by atoms with Gasteiger partial charge in [0.25, 0.3) is 0 Å². The summed E-state index contributed by atoms with van der Waals surface area (Å²) in [6.45, 7) is 10.2. The summed E-state index contributed by atoms with van der Waals surface area (Å²) in [5.74, 6) is -0.987. The summed E-state index contributed by atoms with van der Waals surface area (Å²) >= 11 is 0. The van der Waals surface area contributed by atoms with Crippen LogP contribution in [0.4, 0.5) is 5.69 Å². The number of likely N-dealkylation sites (tertiary alicyclic amines) is 1. The van der Waals surface area contributed by atoms with E-state index in [1.807, 2.05) is 27.7 Å². The monoisotopic (exact) mass is 430 g/mol. The van der Waals surface area contributed by atoms with Gasteiger partial charge in [-0.1, -0.05) is 27.7 Å². The van der Waals surface area contributed by atoms with Gasteiger partial charge in [-0.05, 0) is 50.5 Å². The molecule has 1 fully saturated rings. The molecule has 0 saturated carbocycles. The molecule has 0 spiro atoms. The van der Waals surface area contributed by atoms with Crippen molar-refractivity contribution < 1.29 is 23.9 Å². The van der Waals surface area contributed by atoms with Crippen molar-refractivity contribution in [3.05, 3.63) is 29.8 Å². The number of amides is 2. The minimum atomic E-state index is -0.901. The van der Waals surface area contributed by atoms with E-state index in [0.29, 0.717) is 43.6 Å². The van der Waals surface area contributed by atoms with Crippen molar-refractivity contribution in [2.75, 3.05) is 18.4 Å². The molecule has 2 rings (SSSR count). The highest BCUT2D eigenvalue weighted by Gasteiger charge is 2.34. The van der Waals surface area contributed by atoms with E-state index in [0.717, 1.165) is 6.42 Å². The first-order valence-corrected chi connectivity index (χ1v) is 11.0. The van der Waals surface area contributed by atoms with Crippen LogP contribution in [0.5, 0.6) is 0 Å². The molecule has 1 N–H and O–H groups in total. The highest BCUT2D eigenvalue weighted by molar-refractivity contribution is 6.01. The first-order valence-electron chi connectivity index (χ1n) is 11.0. The Balaban J connectivity index is 1.86. The number of hydrogen-bond acceptors (Lipinski definition) is 5. The molecule has 1 saturated heterocycles. The van der Waals surface area contributed by atoms with Crippen molar-refractivity contribution in [3.8, 4) is 0 Å². The van der Waals surface area contributed by atoms with E-state index < -0.39 is 17.5 Å². The Hall–Kier alpha value is -2.70. The summed E-state index contributed by atoms with van der Waals surface area (Å²) in [7, 11) is 0. The zero-order valence-electron chi connectivity index (χ0n) is 19.2. The van der Waals surface area contributed by atoms with E-state index in [9.17, 15) is 19.2 Å². The number of hydrogen-bond donors (Lipinski definition) is 1. The lowest BCUT2D eigenvalue weighted by Crippen LogP contribution is -2.45. The Bertz CT molecular complexity index is 802. The minimum absolute atomic E-state index is 0.0703. The fraction of sp³-hybridized carbons (Fsp3) is 0.583. The third kappa shape index (κ3) is 6.91. The van der Waals surface area contributed by atoms with Gasteiger partial charge in [0, 0.05) is 36.2 Å². The highest BCUT2D eigenvalue weighted by Crippen LogP contribution is 2.25. The van der Waals surface area contributed by atoms with Gasteiger partial charge in [-0.15, -0.1) is 0 Å². The fourth-order valence-corrected chi connectivity index (χ4v) is 3.52. The predicted octanol–water partition coefficient (Wildman–Crippen LogP) is 3.82. The molecular weight excluding hydrogens is 396 g/mol. The van der Waals surface area contributed by atoms with E-state index in [1.165, 1.54) is 0 Å². The summed E-state index contributed by atoms with van der Waals surface area (Å²) in [6, 6.07) is 6.56. The number of ether oxygens (including phenoxy) is 1. The molecule has 0 aromatic heterocycles. The Kier molecular flexibility index (Phi) is 8.36. The number of carbonyl (C=O) groups excluding carboxylic acids is 4. The standard InChI is InChI=1S/C24H34N2O5/c1-6-7-20(27)25-19-10-8-17(9-11-19)21(28)16(2)31-22(29)18-12-14-26(15-13-18)23(30)24(3,4)5/h8-11,16,18H,6-7,12-15H2,1-5H3,(H,25,27)/t16-/m0/s1. The number of Topliss-reactive ketones (excluding diaryl/α,β-unsaturated/α-hetero) is 1. The van der Waals surface area contributed by atoms with E-state index in [1.54, 1.807) is 36.1 Å². The molecule has 2 amide bonds.